The summed E-state index contributed by atoms with van der Waals surface area (Å²) in [6.45, 7) is 4.07. The minimum atomic E-state index is -3.79. The van der Waals surface area contributed by atoms with Gasteiger partial charge in [-0.25, -0.2) is 8.42 Å². The highest BCUT2D eigenvalue weighted by molar-refractivity contribution is 7.89. The monoisotopic (exact) mass is 398 g/mol. The molecule has 0 saturated heterocycles. The Morgan fingerprint density at radius 1 is 1.12 bits per heavy atom. The minimum Gasteiger partial charge on any atom is -0.482 e. The molecule has 0 heterocycles. The number of nitro groups is 1. The number of hydrogen-bond acceptors (Lipinski definition) is 5. The number of halogens is 1. The number of nitrogens with zero attached hydrogens (tertiary/aromatic N) is 2. The summed E-state index contributed by atoms with van der Waals surface area (Å²) in [7, 11) is -3.79. The highest BCUT2D eigenvalue weighted by Crippen LogP contribution is 2.31. The standard InChI is InChI=1S/C17H19ClN2O5S/c1-3-19(4-2)26(23,24)15-9-10-17(16(11-15)20(21)22)25-12-13-5-7-14(18)8-6-13/h5-11H,3-4,12H2,1-2H3. The highest BCUT2D eigenvalue weighted by Gasteiger charge is 2.26. The lowest BCUT2D eigenvalue weighted by Gasteiger charge is -2.18. The molecule has 0 radical (unpaired) electrons. The van der Waals surface area contributed by atoms with Crippen LogP contribution in [0.4, 0.5) is 5.69 Å². The SMILES string of the molecule is CCN(CC)S(=O)(=O)c1ccc(OCc2ccc(Cl)cc2)c([N+](=O)[O-])c1. The van der Waals surface area contributed by atoms with Crippen LogP contribution in [0.15, 0.2) is 47.4 Å². The summed E-state index contributed by atoms with van der Waals surface area (Å²) in [5.74, 6) is 0.00319. The van der Waals surface area contributed by atoms with Gasteiger partial charge >= 0.3 is 5.69 Å². The van der Waals surface area contributed by atoms with Gasteiger partial charge in [-0.2, -0.15) is 4.31 Å². The number of rotatable bonds is 8. The number of hydrogen-bond donors (Lipinski definition) is 0. The van der Waals surface area contributed by atoms with Gasteiger partial charge in [-0.1, -0.05) is 37.6 Å². The van der Waals surface area contributed by atoms with Gasteiger partial charge in [0.15, 0.2) is 5.75 Å². The third kappa shape index (κ3) is 4.51. The van der Waals surface area contributed by atoms with Crippen LogP contribution < -0.4 is 4.74 Å². The van der Waals surface area contributed by atoms with E-state index in [9.17, 15) is 18.5 Å². The van der Waals surface area contributed by atoms with E-state index >= 15 is 0 Å². The number of ether oxygens (including phenoxy) is 1. The fourth-order valence-electron chi connectivity index (χ4n) is 2.38. The summed E-state index contributed by atoms with van der Waals surface area (Å²) in [6.07, 6.45) is 0. The van der Waals surface area contributed by atoms with Gasteiger partial charge in [0.25, 0.3) is 0 Å². The Morgan fingerprint density at radius 3 is 2.27 bits per heavy atom. The minimum absolute atomic E-state index is 0.00319. The summed E-state index contributed by atoms with van der Waals surface area (Å²) in [5, 5.41) is 11.9. The quantitative estimate of drug-likeness (QED) is 0.497. The molecule has 140 valence electrons. The van der Waals surface area contributed by atoms with E-state index in [1.165, 1.54) is 16.4 Å². The third-order valence-corrected chi connectivity index (χ3v) is 6.08. The molecule has 0 bridgehead atoms. The zero-order chi connectivity index (χ0) is 19.3. The summed E-state index contributed by atoms with van der Waals surface area (Å²) < 4.78 is 31.8. The fraction of sp³-hybridized carbons (Fsp3) is 0.294. The van der Waals surface area contributed by atoms with E-state index < -0.39 is 20.6 Å². The maximum atomic E-state index is 12.5. The van der Waals surface area contributed by atoms with Crippen molar-refractivity contribution in [1.29, 1.82) is 0 Å². The highest BCUT2D eigenvalue weighted by atomic mass is 35.5. The van der Waals surface area contributed by atoms with Crippen molar-refractivity contribution in [3.63, 3.8) is 0 Å². The molecule has 2 rings (SSSR count). The van der Waals surface area contributed by atoms with Crippen molar-refractivity contribution < 1.29 is 18.1 Å². The number of nitro benzene ring substituents is 1. The van der Waals surface area contributed by atoms with E-state index in [0.29, 0.717) is 5.02 Å². The normalized spacial score (nSPS) is 11.5. The summed E-state index contributed by atoms with van der Waals surface area (Å²) >= 11 is 5.81. The fourth-order valence-corrected chi connectivity index (χ4v) is 3.98. The van der Waals surface area contributed by atoms with Crippen LogP contribution in [0.2, 0.25) is 5.02 Å². The van der Waals surface area contributed by atoms with Crippen LogP contribution in [-0.4, -0.2) is 30.7 Å². The van der Waals surface area contributed by atoms with Gasteiger partial charge < -0.3 is 4.74 Å². The average Bonchev–Trinajstić information content (AvgIpc) is 2.61. The first kappa shape index (κ1) is 20.2. The number of sulfonamides is 1. The second-order valence-corrected chi connectivity index (χ2v) is 7.77. The average molecular weight is 399 g/mol. The molecule has 0 aliphatic heterocycles. The van der Waals surface area contributed by atoms with Gasteiger partial charge in [0.1, 0.15) is 6.61 Å². The Morgan fingerprint density at radius 2 is 1.73 bits per heavy atom. The van der Waals surface area contributed by atoms with Crippen molar-refractivity contribution in [2.75, 3.05) is 13.1 Å². The topological polar surface area (TPSA) is 89.8 Å². The Balaban J connectivity index is 2.31. The first-order valence-electron chi connectivity index (χ1n) is 7.95. The van der Waals surface area contributed by atoms with Gasteiger partial charge in [0.05, 0.1) is 9.82 Å². The van der Waals surface area contributed by atoms with E-state index in [4.69, 9.17) is 16.3 Å². The molecule has 0 amide bonds. The second kappa shape index (κ2) is 8.48. The molecule has 0 spiro atoms. The maximum absolute atomic E-state index is 12.5. The van der Waals surface area contributed by atoms with Crippen LogP contribution in [0.5, 0.6) is 5.75 Å². The Hall–Kier alpha value is -2.16. The molecular formula is C17H19ClN2O5S. The molecular weight excluding hydrogens is 380 g/mol. The Kier molecular flexibility index (Phi) is 6.57. The van der Waals surface area contributed by atoms with Crippen molar-refractivity contribution in [2.45, 2.75) is 25.3 Å². The lowest BCUT2D eigenvalue weighted by molar-refractivity contribution is -0.386. The molecule has 0 aliphatic carbocycles. The zero-order valence-corrected chi connectivity index (χ0v) is 16.0. The van der Waals surface area contributed by atoms with Crippen LogP contribution in [0.1, 0.15) is 19.4 Å². The molecule has 26 heavy (non-hydrogen) atoms. The van der Waals surface area contributed by atoms with Crippen molar-refractivity contribution >= 4 is 27.3 Å². The van der Waals surface area contributed by atoms with Crippen LogP contribution in [0.3, 0.4) is 0 Å². The smallest absolute Gasteiger partial charge is 0.312 e. The molecule has 0 unspecified atom stereocenters. The predicted octanol–water partition coefficient (Wildman–Crippen LogP) is 3.86. The molecule has 0 saturated carbocycles. The second-order valence-electron chi connectivity index (χ2n) is 5.39. The number of benzene rings is 2. The van der Waals surface area contributed by atoms with Crippen molar-refractivity contribution in [1.82, 2.24) is 4.31 Å². The first-order valence-corrected chi connectivity index (χ1v) is 9.77. The molecule has 2 aromatic rings. The van der Waals surface area contributed by atoms with Crippen molar-refractivity contribution in [2.24, 2.45) is 0 Å². The summed E-state index contributed by atoms with van der Waals surface area (Å²) in [6, 6.07) is 10.5. The summed E-state index contributed by atoms with van der Waals surface area (Å²) in [4.78, 5) is 10.6. The van der Waals surface area contributed by atoms with Gasteiger partial charge in [0, 0.05) is 24.2 Å². The van der Waals surface area contributed by atoms with E-state index in [2.05, 4.69) is 0 Å². The molecule has 7 nitrogen and oxygen atoms in total. The largest absolute Gasteiger partial charge is 0.482 e. The van der Waals surface area contributed by atoms with Crippen LogP contribution in [-0.2, 0) is 16.6 Å². The summed E-state index contributed by atoms with van der Waals surface area (Å²) in [5.41, 5.74) is 0.385. The van der Waals surface area contributed by atoms with E-state index in [0.717, 1.165) is 11.6 Å². The van der Waals surface area contributed by atoms with Gasteiger partial charge in [-0.05, 0) is 29.8 Å². The molecule has 9 heteroatoms. The lowest BCUT2D eigenvalue weighted by Crippen LogP contribution is -2.30. The molecule has 0 N–H and O–H groups in total. The molecule has 0 fully saturated rings. The van der Waals surface area contributed by atoms with Crippen LogP contribution in [0, 0.1) is 10.1 Å². The third-order valence-electron chi connectivity index (χ3n) is 3.78. The lowest BCUT2D eigenvalue weighted by atomic mass is 10.2. The molecule has 0 aliphatic rings. The van der Waals surface area contributed by atoms with Crippen molar-refractivity contribution in [3.8, 4) is 5.75 Å². The molecule has 2 aromatic carbocycles. The Labute approximate surface area is 157 Å². The van der Waals surface area contributed by atoms with Crippen LogP contribution >= 0.6 is 11.6 Å². The zero-order valence-electron chi connectivity index (χ0n) is 14.4. The van der Waals surface area contributed by atoms with E-state index in [-0.39, 0.29) is 30.3 Å². The maximum Gasteiger partial charge on any atom is 0.312 e. The molecule has 0 aromatic heterocycles. The first-order chi connectivity index (χ1) is 12.3. The van der Waals surface area contributed by atoms with Gasteiger partial charge in [0.2, 0.25) is 10.0 Å². The van der Waals surface area contributed by atoms with E-state index in [1.807, 2.05) is 0 Å². The molecule has 0 atom stereocenters. The Bertz CT molecular complexity index is 881. The predicted molar refractivity (Wildman–Crippen MR) is 99.0 cm³/mol. The van der Waals surface area contributed by atoms with Crippen LogP contribution in [0.25, 0.3) is 0 Å². The van der Waals surface area contributed by atoms with Gasteiger partial charge in [-0.3, -0.25) is 10.1 Å². The van der Waals surface area contributed by atoms with Crippen molar-refractivity contribution in [3.05, 3.63) is 63.2 Å². The van der Waals surface area contributed by atoms with Gasteiger partial charge in [-0.15, -0.1) is 0 Å². The van der Waals surface area contributed by atoms with E-state index in [1.54, 1.807) is 38.1 Å².